The fourth-order valence-electron chi connectivity index (χ4n) is 1.78. The van der Waals surface area contributed by atoms with Gasteiger partial charge in [0, 0.05) is 12.1 Å². The van der Waals surface area contributed by atoms with Crippen molar-refractivity contribution in [3.8, 4) is 17.2 Å². The molecule has 2 N–H and O–H groups in total. The van der Waals surface area contributed by atoms with Gasteiger partial charge in [-0.1, -0.05) is 6.07 Å². The average Bonchev–Trinajstić information content (AvgIpc) is 2.49. The van der Waals surface area contributed by atoms with E-state index in [1.807, 2.05) is 0 Å². The fourth-order valence-corrected chi connectivity index (χ4v) is 3.11. The molecule has 0 saturated heterocycles. The topological polar surface area (TPSA) is 127 Å². The number of phenolic OH excluding ortho intramolecular Hbond substituents is 2. The molecule has 0 fully saturated rings. The van der Waals surface area contributed by atoms with Gasteiger partial charge in [0.1, 0.15) is 5.75 Å². The number of sulfone groups is 1. The van der Waals surface area contributed by atoms with Gasteiger partial charge < -0.3 is 14.9 Å². The lowest BCUT2D eigenvalue weighted by Crippen LogP contribution is -2.03. The minimum absolute atomic E-state index is 0.161. The lowest BCUT2D eigenvalue weighted by Gasteiger charge is -2.08. The summed E-state index contributed by atoms with van der Waals surface area (Å²) in [5.41, 5.74) is -0.901. The van der Waals surface area contributed by atoms with E-state index in [1.165, 1.54) is 31.4 Å². The van der Waals surface area contributed by atoms with Crippen LogP contribution in [-0.2, 0) is 9.84 Å². The van der Waals surface area contributed by atoms with Crippen molar-refractivity contribution in [2.75, 3.05) is 7.11 Å². The Morgan fingerprint density at radius 1 is 1.14 bits per heavy atom. The highest BCUT2D eigenvalue weighted by Gasteiger charge is 2.26. The number of hydrogen-bond acceptors (Lipinski definition) is 7. The minimum Gasteiger partial charge on any atom is -0.504 e. The number of nitro groups is 1. The van der Waals surface area contributed by atoms with Crippen LogP contribution < -0.4 is 4.74 Å². The summed E-state index contributed by atoms with van der Waals surface area (Å²) < 4.78 is 29.9. The van der Waals surface area contributed by atoms with Crippen molar-refractivity contribution in [3.05, 3.63) is 46.5 Å². The third kappa shape index (κ3) is 2.66. The Morgan fingerprint density at radius 3 is 2.41 bits per heavy atom. The first-order valence-electron chi connectivity index (χ1n) is 5.87. The molecule has 0 unspecified atom stereocenters. The van der Waals surface area contributed by atoms with Crippen LogP contribution in [0.3, 0.4) is 0 Å². The number of benzene rings is 2. The van der Waals surface area contributed by atoms with E-state index in [1.54, 1.807) is 0 Å². The normalized spacial score (nSPS) is 11.1. The van der Waals surface area contributed by atoms with Gasteiger partial charge in [-0.2, -0.15) is 0 Å². The second-order valence-electron chi connectivity index (χ2n) is 4.25. The van der Waals surface area contributed by atoms with E-state index < -0.39 is 36.8 Å². The molecule has 0 aliphatic carbocycles. The molecule has 2 rings (SSSR count). The summed E-state index contributed by atoms with van der Waals surface area (Å²) in [5, 5.41) is 29.7. The summed E-state index contributed by atoms with van der Waals surface area (Å²) in [6.45, 7) is 0. The summed E-state index contributed by atoms with van der Waals surface area (Å²) in [6, 6.07) is 6.94. The number of aromatic hydroxyl groups is 2. The van der Waals surface area contributed by atoms with Gasteiger partial charge in [-0.25, -0.2) is 8.42 Å². The van der Waals surface area contributed by atoms with Crippen LogP contribution >= 0.6 is 0 Å². The molecule has 0 radical (unpaired) electrons. The Labute approximate surface area is 125 Å². The summed E-state index contributed by atoms with van der Waals surface area (Å²) in [6.07, 6.45) is 0. The summed E-state index contributed by atoms with van der Waals surface area (Å²) in [5.74, 6) is -1.59. The minimum atomic E-state index is -4.12. The van der Waals surface area contributed by atoms with Crippen molar-refractivity contribution in [1.29, 1.82) is 0 Å². The van der Waals surface area contributed by atoms with Gasteiger partial charge in [0.25, 0.3) is 0 Å². The Morgan fingerprint density at radius 2 is 1.82 bits per heavy atom. The van der Waals surface area contributed by atoms with Gasteiger partial charge in [0.15, 0.2) is 5.75 Å². The smallest absolute Gasteiger partial charge is 0.315 e. The maximum absolute atomic E-state index is 12.5. The summed E-state index contributed by atoms with van der Waals surface area (Å²) >= 11 is 0. The highest BCUT2D eigenvalue weighted by atomic mass is 32.2. The molecule has 0 aromatic heterocycles. The number of rotatable bonds is 4. The van der Waals surface area contributed by atoms with Gasteiger partial charge in [-0.15, -0.1) is 0 Å². The Bertz CT molecular complexity index is 845. The van der Waals surface area contributed by atoms with Gasteiger partial charge in [-0.05, 0) is 18.2 Å². The van der Waals surface area contributed by atoms with Crippen LogP contribution in [0, 0.1) is 10.1 Å². The summed E-state index contributed by atoms with van der Waals surface area (Å²) in [7, 11) is -2.76. The lowest BCUT2D eigenvalue weighted by atomic mass is 10.3. The molecule has 0 atom stereocenters. The lowest BCUT2D eigenvalue weighted by molar-refractivity contribution is -0.386. The van der Waals surface area contributed by atoms with Crippen molar-refractivity contribution >= 4 is 15.5 Å². The van der Waals surface area contributed by atoms with E-state index in [9.17, 15) is 28.7 Å². The predicted molar refractivity (Wildman–Crippen MR) is 74.9 cm³/mol. The van der Waals surface area contributed by atoms with Crippen LogP contribution in [0.4, 0.5) is 5.69 Å². The van der Waals surface area contributed by atoms with E-state index in [2.05, 4.69) is 0 Å². The third-order valence-electron chi connectivity index (χ3n) is 2.90. The monoisotopic (exact) mass is 325 g/mol. The number of methoxy groups -OCH3 is 1. The van der Waals surface area contributed by atoms with E-state index in [0.29, 0.717) is 11.8 Å². The number of hydrogen-bond donors (Lipinski definition) is 2. The van der Waals surface area contributed by atoms with Crippen molar-refractivity contribution in [2.24, 2.45) is 0 Å². The van der Waals surface area contributed by atoms with Crippen LogP contribution in [0.1, 0.15) is 0 Å². The van der Waals surface area contributed by atoms with Gasteiger partial charge in [0.2, 0.25) is 15.6 Å². The molecule has 8 nitrogen and oxygen atoms in total. The first kappa shape index (κ1) is 15.6. The number of nitrogens with zero attached hydrogens (tertiary/aromatic N) is 1. The van der Waals surface area contributed by atoms with E-state index in [-0.39, 0.29) is 4.90 Å². The molecule has 0 aliphatic rings. The van der Waals surface area contributed by atoms with Crippen LogP contribution in [0.25, 0.3) is 0 Å². The fraction of sp³-hybridized carbons (Fsp3) is 0.0769. The van der Waals surface area contributed by atoms with Crippen LogP contribution in [0.15, 0.2) is 46.2 Å². The zero-order valence-electron chi connectivity index (χ0n) is 11.3. The molecule has 0 amide bonds. The van der Waals surface area contributed by atoms with Gasteiger partial charge in [-0.3, -0.25) is 10.1 Å². The zero-order valence-corrected chi connectivity index (χ0v) is 12.1. The Balaban J connectivity index is 2.66. The molecule has 116 valence electrons. The van der Waals surface area contributed by atoms with Gasteiger partial charge in [0.05, 0.1) is 21.8 Å². The molecular formula is C13H11NO7S. The Hall–Kier alpha value is -2.81. The molecule has 2 aromatic rings. The molecule has 0 bridgehead atoms. The van der Waals surface area contributed by atoms with Crippen LogP contribution in [0.5, 0.6) is 17.2 Å². The van der Waals surface area contributed by atoms with Crippen LogP contribution in [-0.4, -0.2) is 30.7 Å². The van der Waals surface area contributed by atoms with Crippen LogP contribution in [0.2, 0.25) is 0 Å². The molecular weight excluding hydrogens is 314 g/mol. The molecule has 22 heavy (non-hydrogen) atoms. The maximum Gasteiger partial charge on any atom is 0.315 e. The van der Waals surface area contributed by atoms with Gasteiger partial charge >= 0.3 is 5.69 Å². The first-order valence-corrected chi connectivity index (χ1v) is 7.35. The Kier molecular flexibility index (Phi) is 3.91. The molecule has 0 aliphatic heterocycles. The van der Waals surface area contributed by atoms with E-state index in [0.717, 1.165) is 6.07 Å². The molecule has 0 heterocycles. The average molecular weight is 325 g/mol. The molecule has 9 heteroatoms. The first-order chi connectivity index (χ1) is 10.3. The number of ether oxygens (including phenoxy) is 1. The second-order valence-corrected chi connectivity index (χ2v) is 6.20. The highest BCUT2D eigenvalue weighted by molar-refractivity contribution is 7.91. The van der Waals surface area contributed by atoms with Crippen molar-refractivity contribution in [1.82, 2.24) is 0 Å². The van der Waals surface area contributed by atoms with E-state index >= 15 is 0 Å². The number of nitro benzene ring substituents is 1. The standard InChI is InChI=1S/C13H11NO7S/c1-21-8-3-2-4-9(5-8)22(19,20)10-6-11(14(17)18)13(16)12(15)7-10/h2-7,15-16H,1H3. The van der Waals surface area contributed by atoms with E-state index in [4.69, 9.17) is 4.74 Å². The SMILES string of the molecule is COc1cccc(S(=O)(=O)c2cc(O)c(O)c([N+](=O)[O-])c2)c1. The van der Waals surface area contributed by atoms with Crippen molar-refractivity contribution in [3.63, 3.8) is 0 Å². The number of phenols is 2. The molecule has 0 saturated carbocycles. The van der Waals surface area contributed by atoms with Crippen molar-refractivity contribution < 1.29 is 28.3 Å². The summed E-state index contributed by atoms with van der Waals surface area (Å²) in [4.78, 5) is 9.15. The third-order valence-corrected chi connectivity index (χ3v) is 4.63. The highest BCUT2D eigenvalue weighted by Crippen LogP contribution is 2.39. The maximum atomic E-state index is 12.5. The largest absolute Gasteiger partial charge is 0.504 e. The molecule has 2 aromatic carbocycles. The quantitative estimate of drug-likeness (QED) is 0.499. The van der Waals surface area contributed by atoms with Crippen molar-refractivity contribution in [2.45, 2.75) is 9.79 Å². The zero-order chi connectivity index (χ0) is 16.5. The predicted octanol–water partition coefficient (Wildman–Crippen LogP) is 1.85. The molecule has 0 spiro atoms. The second kappa shape index (κ2) is 5.53.